The Morgan fingerprint density at radius 2 is 2.11 bits per heavy atom. The highest BCUT2D eigenvalue weighted by Crippen LogP contribution is 2.44. The standard InChI is InChI=1S/C13H22N2O3/c1-9-3-6-15(10(7-9)11(16)17)12(18)14-8-13(2)4-5-13/h9-10H,3-8H2,1-2H3,(H,14,18)(H,16,17). The maximum absolute atomic E-state index is 12.0. The summed E-state index contributed by atoms with van der Waals surface area (Å²) in [4.78, 5) is 24.7. The number of likely N-dealkylation sites (tertiary alicyclic amines) is 1. The zero-order valence-corrected chi connectivity index (χ0v) is 11.1. The fourth-order valence-corrected chi connectivity index (χ4v) is 2.40. The summed E-state index contributed by atoms with van der Waals surface area (Å²) < 4.78 is 0. The molecular formula is C13H22N2O3. The second-order valence-electron chi connectivity index (χ2n) is 6.15. The second-order valence-corrected chi connectivity index (χ2v) is 6.15. The van der Waals surface area contributed by atoms with E-state index in [1.807, 2.05) is 6.92 Å². The number of aliphatic carboxylic acids is 1. The number of carboxylic acid groups (broad SMARTS) is 1. The highest BCUT2D eigenvalue weighted by atomic mass is 16.4. The van der Waals surface area contributed by atoms with E-state index < -0.39 is 12.0 Å². The molecule has 2 amide bonds. The Morgan fingerprint density at radius 1 is 1.44 bits per heavy atom. The Bertz CT molecular complexity index is 352. The minimum Gasteiger partial charge on any atom is -0.480 e. The first-order valence-electron chi connectivity index (χ1n) is 6.68. The van der Waals surface area contributed by atoms with Crippen LogP contribution in [0.15, 0.2) is 0 Å². The normalized spacial score (nSPS) is 29.8. The number of piperidine rings is 1. The van der Waals surface area contributed by atoms with Crippen LogP contribution in [0.1, 0.15) is 39.5 Å². The van der Waals surface area contributed by atoms with Gasteiger partial charge in [0.05, 0.1) is 0 Å². The fraction of sp³-hybridized carbons (Fsp3) is 0.846. The van der Waals surface area contributed by atoms with Crippen molar-refractivity contribution in [1.82, 2.24) is 10.2 Å². The van der Waals surface area contributed by atoms with E-state index in [4.69, 9.17) is 0 Å². The summed E-state index contributed by atoms with van der Waals surface area (Å²) >= 11 is 0. The number of carbonyl (C=O) groups is 2. The van der Waals surface area contributed by atoms with Gasteiger partial charge in [-0.25, -0.2) is 9.59 Å². The van der Waals surface area contributed by atoms with Crippen molar-refractivity contribution in [3.8, 4) is 0 Å². The molecule has 0 aromatic rings. The van der Waals surface area contributed by atoms with Gasteiger partial charge in [-0.3, -0.25) is 0 Å². The van der Waals surface area contributed by atoms with Gasteiger partial charge >= 0.3 is 12.0 Å². The Morgan fingerprint density at radius 3 is 2.67 bits per heavy atom. The van der Waals surface area contributed by atoms with E-state index in [1.54, 1.807) is 0 Å². The average molecular weight is 254 g/mol. The van der Waals surface area contributed by atoms with E-state index in [0.29, 0.717) is 25.4 Å². The highest BCUT2D eigenvalue weighted by Gasteiger charge is 2.39. The van der Waals surface area contributed by atoms with Crippen LogP contribution in [0.2, 0.25) is 0 Å². The molecule has 0 aromatic carbocycles. The zero-order chi connectivity index (χ0) is 13.3. The number of carboxylic acids is 1. The summed E-state index contributed by atoms with van der Waals surface area (Å²) in [5.74, 6) is -0.523. The third-order valence-corrected chi connectivity index (χ3v) is 4.18. The summed E-state index contributed by atoms with van der Waals surface area (Å²) in [7, 11) is 0. The van der Waals surface area contributed by atoms with Gasteiger partial charge in [0.2, 0.25) is 0 Å². The molecule has 0 bridgehead atoms. The van der Waals surface area contributed by atoms with Gasteiger partial charge in [-0.2, -0.15) is 0 Å². The summed E-state index contributed by atoms with van der Waals surface area (Å²) in [5, 5.41) is 12.1. The smallest absolute Gasteiger partial charge is 0.326 e. The SMILES string of the molecule is CC1CCN(C(=O)NCC2(C)CC2)C(C(=O)O)C1. The van der Waals surface area contributed by atoms with Gasteiger partial charge in [0, 0.05) is 13.1 Å². The Labute approximate surface area is 108 Å². The average Bonchev–Trinajstić information content (AvgIpc) is 3.05. The monoisotopic (exact) mass is 254 g/mol. The quantitative estimate of drug-likeness (QED) is 0.805. The fourth-order valence-electron chi connectivity index (χ4n) is 2.40. The predicted octanol–water partition coefficient (Wildman–Crippen LogP) is 1.68. The van der Waals surface area contributed by atoms with E-state index >= 15 is 0 Å². The van der Waals surface area contributed by atoms with Crippen LogP contribution in [-0.2, 0) is 4.79 Å². The molecule has 1 aliphatic carbocycles. The van der Waals surface area contributed by atoms with Gasteiger partial charge in [-0.1, -0.05) is 13.8 Å². The third-order valence-electron chi connectivity index (χ3n) is 4.18. The van der Waals surface area contributed by atoms with Gasteiger partial charge in [0.25, 0.3) is 0 Å². The summed E-state index contributed by atoms with van der Waals surface area (Å²) in [6.45, 7) is 5.38. The number of nitrogens with one attached hydrogen (secondary N) is 1. The van der Waals surface area contributed by atoms with Crippen LogP contribution in [0.25, 0.3) is 0 Å². The van der Waals surface area contributed by atoms with Gasteiger partial charge in [0.15, 0.2) is 0 Å². The first kappa shape index (κ1) is 13.2. The first-order chi connectivity index (χ1) is 8.41. The van der Waals surface area contributed by atoms with E-state index in [9.17, 15) is 14.7 Å². The first-order valence-corrected chi connectivity index (χ1v) is 6.68. The molecule has 5 nitrogen and oxygen atoms in total. The van der Waals surface area contributed by atoms with Crippen LogP contribution in [0.5, 0.6) is 0 Å². The van der Waals surface area contributed by atoms with E-state index in [0.717, 1.165) is 19.3 Å². The molecule has 102 valence electrons. The molecule has 5 heteroatoms. The Hall–Kier alpha value is -1.26. The van der Waals surface area contributed by atoms with Crippen LogP contribution in [0.3, 0.4) is 0 Å². The van der Waals surface area contributed by atoms with Crippen molar-refractivity contribution in [3.63, 3.8) is 0 Å². The van der Waals surface area contributed by atoms with Crippen molar-refractivity contribution in [2.45, 2.75) is 45.6 Å². The molecule has 1 heterocycles. The van der Waals surface area contributed by atoms with Crippen molar-refractivity contribution < 1.29 is 14.7 Å². The van der Waals surface area contributed by atoms with Crippen molar-refractivity contribution >= 4 is 12.0 Å². The van der Waals surface area contributed by atoms with E-state index in [2.05, 4.69) is 12.2 Å². The van der Waals surface area contributed by atoms with E-state index in [-0.39, 0.29) is 11.4 Å². The van der Waals surface area contributed by atoms with Crippen molar-refractivity contribution in [3.05, 3.63) is 0 Å². The van der Waals surface area contributed by atoms with Crippen molar-refractivity contribution in [1.29, 1.82) is 0 Å². The highest BCUT2D eigenvalue weighted by molar-refractivity contribution is 5.82. The molecule has 1 saturated heterocycles. The van der Waals surface area contributed by atoms with Crippen LogP contribution in [0.4, 0.5) is 4.79 Å². The summed E-state index contributed by atoms with van der Waals surface area (Å²) in [6, 6.07) is -0.886. The van der Waals surface area contributed by atoms with E-state index in [1.165, 1.54) is 4.90 Å². The van der Waals surface area contributed by atoms with Gasteiger partial charge in [-0.15, -0.1) is 0 Å². The molecule has 2 rings (SSSR count). The van der Waals surface area contributed by atoms with Gasteiger partial charge in [-0.05, 0) is 37.0 Å². The number of hydrogen-bond acceptors (Lipinski definition) is 2. The van der Waals surface area contributed by atoms with Crippen LogP contribution >= 0.6 is 0 Å². The zero-order valence-electron chi connectivity index (χ0n) is 11.1. The molecule has 2 aliphatic rings. The number of hydrogen-bond donors (Lipinski definition) is 2. The second kappa shape index (κ2) is 4.78. The van der Waals surface area contributed by atoms with Crippen molar-refractivity contribution in [2.75, 3.05) is 13.1 Å². The molecule has 18 heavy (non-hydrogen) atoms. The minimum atomic E-state index is -0.894. The lowest BCUT2D eigenvalue weighted by molar-refractivity contribution is -0.143. The van der Waals surface area contributed by atoms with Crippen LogP contribution in [0, 0.1) is 11.3 Å². The number of amides is 2. The third kappa shape index (κ3) is 2.94. The predicted molar refractivity (Wildman–Crippen MR) is 67.3 cm³/mol. The van der Waals surface area contributed by atoms with Gasteiger partial charge in [0.1, 0.15) is 6.04 Å². The lowest BCUT2D eigenvalue weighted by atomic mass is 9.93. The topological polar surface area (TPSA) is 69.6 Å². The Balaban J connectivity index is 1.92. The van der Waals surface area contributed by atoms with Gasteiger partial charge < -0.3 is 15.3 Å². The number of urea groups is 1. The maximum atomic E-state index is 12.0. The molecule has 1 aliphatic heterocycles. The summed E-state index contributed by atoms with van der Waals surface area (Å²) in [5.41, 5.74) is 0.247. The number of rotatable bonds is 3. The molecule has 2 unspecified atom stereocenters. The minimum absolute atomic E-state index is 0.220. The number of nitrogens with zero attached hydrogens (tertiary/aromatic N) is 1. The molecule has 0 radical (unpaired) electrons. The van der Waals surface area contributed by atoms with Crippen LogP contribution < -0.4 is 5.32 Å². The largest absolute Gasteiger partial charge is 0.480 e. The molecule has 2 atom stereocenters. The molecular weight excluding hydrogens is 232 g/mol. The molecule has 2 N–H and O–H groups in total. The maximum Gasteiger partial charge on any atom is 0.326 e. The molecule has 1 saturated carbocycles. The molecule has 0 spiro atoms. The number of carbonyl (C=O) groups excluding carboxylic acids is 1. The molecule has 0 aromatic heterocycles. The Kier molecular flexibility index (Phi) is 3.50. The van der Waals surface area contributed by atoms with Crippen molar-refractivity contribution in [2.24, 2.45) is 11.3 Å². The summed E-state index contributed by atoms with van der Waals surface area (Å²) in [6.07, 6.45) is 3.73. The lowest BCUT2D eigenvalue weighted by Gasteiger charge is -2.36. The van der Waals surface area contributed by atoms with Crippen LogP contribution in [-0.4, -0.2) is 41.1 Å². The molecule has 2 fully saturated rings. The lowest BCUT2D eigenvalue weighted by Crippen LogP contribution is -2.53.